The van der Waals surface area contributed by atoms with E-state index in [0.717, 1.165) is 0 Å². The second-order valence-corrected chi connectivity index (χ2v) is 4.77. The molecule has 3 aromatic rings. The third-order valence-electron chi connectivity index (χ3n) is 3.62. The van der Waals surface area contributed by atoms with E-state index >= 15 is 0 Å². The summed E-state index contributed by atoms with van der Waals surface area (Å²) in [6.45, 7) is 0. The van der Waals surface area contributed by atoms with Crippen molar-refractivity contribution in [1.29, 1.82) is 0 Å². The molecule has 2 heterocycles. The van der Waals surface area contributed by atoms with E-state index in [2.05, 4.69) is 0 Å². The molecule has 2 aromatic carbocycles. The van der Waals surface area contributed by atoms with Crippen LogP contribution in [0.5, 0.6) is 17.2 Å². The van der Waals surface area contributed by atoms with Gasteiger partial charge >= 0.3 is 0 Å². The van der Waals surface area contributed by atoms with Crippen LogP contribution in [0.2, 0.25) is 0 Å². The summed E-state index contributed by atoms with van der Waals surface area (Å²) in [5.74, 6) is -0.492. The maximum Gasteiger partial charge on any atom is 0.267 e. The van der Waals surface area contributed by atoms with Crippen molar-refractivity contribution < 1.29 is 20.1 Å². The molecule has 1 aromatic heterocycles. The Bertz CT molecular complexity index is 908. The number of phenolic OH excluding ortho intramolecular Hbond substituents is 3. The van der Waals surface area contributed by atoms with Crippen molar-refractivity contribution in [2.24, 2.45) is 0 Å². The lowest BCUT2D eigenvalue weighted by Crippen LogP contribution is -2.05. The predicted octanol–water partition coefficient (Wildman–Crippen LogP) is 2.43. The van der Waals surface area contributed by atoms with Crippen molar-refractivity contribution in [1.82, 2.24) is 4.57 Å². The maximum absolute atomic E-state index is 12.5. The Morgan fingerprint density at radius 3 is 2.30 bits per heavy atom. The van der Waals surface area contributed by atoms with Crippen molar-refractivity contribution in [2.45, 2.75) is 0 Å². The van der Waals surface area contributed by atoms with E-state index in [-0.39, 0.29) is 28.7 Å². The van der Waals surface area contributed by atoms with Crippen LogP contribution in [0.4, 0.5) is 0 Å². The minimum Gasteiger partial charge on any atom is -0.508 e. The van der Waals surface area contributed by atoms with Gasteiger partial charge in [0.2, 0.25) is 0 Å². The quantitative estimate of drug-likeness (QED) is 0.427. The van der Waals surface area contributed by atoms with Gasteiger partial charge in [0, 0.05) is 5.39 Å². The zero-order valence-electron chi connectivity index (χ0n) is 10.2. The fourth-order valence-corrected chi connectivity index (χ4v) is 2.77. The summed E-state index contributed by atoms with van der Waals surface area (Å²) in [4.78, 5) is 12.5. The molecular formula is C15H9NO4. The zero-order chi connectivity index (χ0) is 14.0. The lowest BCUT2D eigenvalue weighted by molar-refractivity contribution is 0.0971. The number of carbonyl (C=O) groups is 1. The molecule has 0 unspecified atom stereocenters. The number of phenols is 3. The topological polar surface area (TPSA) is 82.7 Å². The van der Waals surface area contributed by atoms with Crippen molar-refractivity contribution in [3.63, 3.8) is 0 Å². The monoisotopic (exact) mass is 267 g/mol. The lowest BCUT2D eigenvalue weighted by Gasteiger charge is -2.03. The SMILES string of the molecule is O=C1c2c(O)ccc(O)c2-c2cc3cc(O)ccc3n21. The Morgan fingerprint density at radius 1 is 0.850 bits per heavy atom. The van der Waals surface area contributed by atoms with Gasteiger partial charge < -0.3 is 15.3 Å². The van der Waals surface area contributed by atoms with Gasteiger partial charge in [0.25, 0.3) is 5.91 Å². The Kier molecular flexibility index (Phi) is 1.82. The highest BCUT2D eigenvalue weighted by Crippen LogP contribution is 2.45. The Morgan fingerprint density at radius 2 is 1.55 bits per heavy atom. The van der Waals surface area contributed by atoms with E-state index in [1.807, 2.05) is 0 Å². The average Bonchev–Trinajstić information content (AvgIpc) is 2.90. The summed E-state index contributed by atoms with van der Waals surface area (Å²) in [7, 11) is 0. The van der Waals surface area contributed by atoms with Crippen LogP contribution in [0, 0.1) is 0 Å². The van der Waals surface area contributed by atoms with Gasteiger partial charge in [-0.15, -0.1) is 0 Å². The van der Waals surface area contributed by atoms with Crippen molar-refractivity contribution in [2.75, 3.05) is 0 Å². The molecule has 20 heavy (non-hydrogen) atoms. The van der Waals surface area contributed by atoms with Gasteiger partial charge in [-0.25, -0.2) is 0 Å². The molecule has 98 valence electrons. The summed E-state index contributed by atoms with van der Waals surface area (Å²) in [5.41, 5.74) is 1.57. The molecule has 3 N–H and O–H groups in total. The van der Waals surface area contributed by atoms with Gasteiger partial charge in [0.15, 0.2) is 0 Å². The van der Waals surface area contributed by atoms with E-state index in [4.69, 9.17) is 0 Å². The number of fused-ring (bicyclic) bond motifs is 5. The number of hydrogen-bond acceptors (Lipinski definition) is 4. The normalized spacial score (nSPS) is 12.7. The minimum absolute atomic E-state index is 0.0584. The second-order valence-electron chi connectivity index (χ2n) is 4.77. The number of aromatic nitrogens is 1. The fourth-order valence-electron chi connectivity index (χ4n) is 2.77. The van der Waals surface area contributed by atoms with Crippen LogP contribution in [-0.2, 0) is 0 Å². The van der Waals surface area contributed by atoms with Gasteiger partial charge in [-0.05, 0) is 36.4 Å². The molecule has 0 amide bonds. The summed E-state index contributed by atoms with van der Waals surface area (Å²) in [6.07, 6.45) is 0. The highest BCUT2D eigenvalue weighted by Gasteiger charge is 2.33. The predicted molar refractivity (Wildman–Crippen MR) is 72.1 cm³/mol. The van der Waals surface area contributed by atoms with Gasteiger partial charge in [-0.2, -0.15) is 0 Å². The molecule has 5 nitrogen and oxygen atoms in total. The van der Waals surface area contributed by atoms with Gasteiger partial charge in [-0.1, -0.05) is 0 Å². The molecule has 1 aliphatic heterocycles. The highest BCUT2D eigenvalue weighted by molar-refractivity contribution is 6.17. The van der Waals surface area contributed by atoms with Gasteiger partial charge in [0.1, 0.15) is 17.2 Å². The Labute approximate surface area is 112 Å². The third kappa shape index (κ3) is 1.14. The average molecular weight is 267 g/mol. The van der Waals surface area contributed by atoms with E-state index < -0.39 is 0 Å². The molecule has 0 saturated carbocycles. The zero-order valence-corrected chi connectivity index (χ0v) is 10.2. The number of aromatic hydroxyl groups is 3. The molecule has 0 bridgehead atoms. The van der Waals surface area contributed by atoms with Crippen LogP contribution in [0.1, 0.15) is 10.4 Å². The number of rotatable bonds is 0. The van der Waals surface area contributed by atoms with E-state index in [0.29, 0.717) is 22.2 Å². The lowest BCUT2D eigenvalue weighted by atomic mass is 10.0. The first kappa shape index (κ1) is 10.9. The van der Waals surface area contributed by atoms with Crippen LogP contribution < -0.4 is 0 Å². The number of hydrogen-bond donors (Lipinski definition) is 3. The molecule has 0 saturated heterocycles. The molecule has 0 radical (unpaired) electrons. The number of nitrogens with zero attached hydrogens (tertiary/aromatic N) is 1. The molecule has 0 fully saturated rings. The maximum atomic E-state index is 12.5. The largest absolute Gasteiger partial charge is 0.508 e. The molecule has 1 aliphatic rings. The van der Waals surface area contributed by atoms with Gasteiger partial charge in [-0.3, -0.25) is 9.36 Å². The van der Waals surface area contributed by atoms with Crippen LogP contribution in [0.3, 0.4) is 0 Å². The number of benzene rings is 2. The number of carbonyl (C=O) groups excluding carboxylic acids is 1. The van der Waals surface area contributed by atoms with Crippen molar-refractivity contribution >= 4 is 16.8 Å². The first-order valence-electron chi connectivity index (χ1n) is 6.02. The third-order valence-corrected chi connectivity index (χ3v) is 3.62. The van der Waals surface area contributed by atoms with Crippen LogP contribution >= 0.6 is 0 Å². The standard InChI is InChI=1S/C15H9NO4/c17-8-1-2-9-7(5-8)6-10-13-11(18)3-4-12(19)14(13)15(20)16(9)10/h1-6,17-19H. The summed E-state index contributed by atoms with van der Waals surface area (Å²) >= 11 is 0. The van der Waals surface area contributed by atoms with Crippen molar-refractivity contribution in [3.05, 3.63) is 42.0 Å². The summed E-state index contributed by atoms with van der Waals surface area (Å²) < 4.78 is 1.43. The Hall–Kier alpha value is -2.95. The molecule has 4 rings (SSSR count). The van der Waals surface area contributed by atoms with Crippen molar-refractivity contribution in [3.8, 4) is 28.5 Å². The van der Waals surface area contributed by atoms with E-state index in [1.165, 1.54) is 22.8 Å². The van der Waals surface area contributed by atoms with E-state index in [9.17, 15) is 20.1 Å². The van der Waals surface area contributed by atoms with Crippen LogP contribution in [-0.4, -0.2) is 25.8 Å². The second kappa shape index (κ2) is 3.33. The van der Waals surface area contributed by atoms with E-state index in [1.54, 1.807) is 18.2 Å². The molecule has 5 heteroatoms. The highest BCUT2D eigenvalue weighted by atomic mass is 16.3. The van der Waals surface area contributed by atoms with Crippen LogP contribution in [0.15, 0.2) is 36.4 Å². The summed E-state index contributed by atoms with van der Waals surface area (Å²) in [5, 5.41) is 30.0. The molecular weight excluding hydrogens is 258 g/mol. The fraction of sp³-hybridized carbons (Fsp3) is 0. The minimum atomic E-state index is -0.385. The Balaban J connectivity index is 2.17. The first-order valence-corrected chi connectivity index (χ1v) is 6.02. The first-order chi connectivity index (χ1) is 9.58. The van der Waals surface area contributed by atoms with Crippen LogP contribution in [0.25, 0.3) is 22.2 Å². The molecule has 0 atom stereocenters. The molecule has 0 spiro atoms. The van der Waals surface area contributed by atoms with Gasteiger partial charge in [0.05, 0.1) is 22.3 Å². The smallest absolute Gasteiger partial charge is 0.267 e. The molecule has 0 aliphatic carbocycles. The summed E-state index contributed by atoms with van der Waals surface area (Å²) in [6, 6.07) is 9.03.